The number of amides is 1. The molecule has 4 aromatic rings. The summed E-state index contributed by atoms with van der Waals surface area (Å²) in [4.78, 5) is 30.7. The van der Waals surface area contributed by atoms with Gasteiger partial charge in [0.05, 0.1) is 11.7 Å². The van der Waals surface area contributed by atoms with Crippen LogP contribution in [0.25, 0.3) is 11.1 Å². The van der Waals surface area contributed by atoms with E-state index in [1.54, 1.807) is 29.8 Å². The molecule has 2 aliphatic rings. The smallest absolute Gasteiger partial charge is 0.298 e. The number of fused-ring (bicyclic) bond motifs is 3. The summed E-state index contributed by atoms with van der Waals surface area (Å²) in [6.45, 7) is 4.43. The van der Waals surface area contributed by atoms with Gasteiger partial charge in [-0.05, 0) is 42.8 Å². The molecule has 0 unspecified atom stereocenters. The number of nitrogens with zero attached hydrogens (tertiary/aromatic N) is 5. The van der Waals surface area contributed by atoms with E-state index in [0.29, 0.717) is 42.6 Å². The van der Waals surface area contributed by atoms with Gasteiger partial charge in [0.25, 0.3) is 11.7 Å². The highest BCUT2D eigenvalue weighted by atomic mass is 19.1. The van der Waals surface area contributed by atoms with Crippen LogP contribution in [0.5, 0.6) is 5.75 Å². The van der Waals surface area contributed by atoms with E-state index in [1.807, 2.05) is 49.4 Å². The van der Waals surface area contributed by atoms with E-state index in [1.165, 1.54) is 6.07 Å². The number of rotatable bonds is 5. The number of carbonyl (C=O) groups excluding carboxylic acids is 2. The first kappa shape index (κ1) is 24.6. The van der Waals surface area contributed by atoms with Gasteiger partial charge in [-0.2, -0.15) is 4.39 Å². The summed E-state index contributed by atoms with van der Waals surface area (Å²) in [5.41, 5.74) is 4.23. The number of aromatic nitrogens is 3. The lowest BCUT2D eigenvalue weighted by Crippen LogP contribution is -2.57. The van der Waals surface area contributed by atoms with Crippen molar-refractivity contribution < 1.29 is 18.7 Å². The number of hydrogen-bond acceptors (Lipinski definition) is 7. The van der Waals surface area contributed by atoms with E-state index in [2.05, 4.69) is 25.3 Å². The molecule has 10 heteroatoms. The molecular weight excluding hydrogens is 499 g/mol. The number of benzene rings is 2. The Labute approximate surface area is 224 Å². The highest BCUT2D eigenvalue weighted by Gasteiger charge is 2.34. The van der Waals surface area contributed by atoms with Gasteiger partial charge in [0.15, 0.2) is 5.82 Å². The van der Waals surface area contributed by atoms with Crippen molar-refractivity contribution in [2.24, 2.45) is 7.05 Å². The van der Waals surface area contributed by atoms with Gasteiger partial charge in [0, 0.05) is 49.7 Å². The second-order valence-corrected chi connectivity index (χ2v) is 9.76. The number of ether oxygens (including phenoxy) is 1. The van der Waals surface area contributed by atoms with Crippen LogP contribution in [0.1, 0.15) is 16.2 Å². The Balaban J connectivity index is 1.18. The zero-order valence-corrected chi connectivity index (χ0v) is 21.6. The number of nitrogens with one attached hydrogen (secondary N) is 1. The predicted molar refractivity (Wildman–Crippen MR) is 146 cm³/mol. The molecule has 1 fully saturated rings. The molecular formula is C29H27FN6O3. The lowest BCUT2D eigenvalue weighted by molar-refractivity contribution is -0.112. The molecule has 4 heterocycles. The quantitative estimate of drug-likeness (QED) is 0.312. The summed E-state index contributed by atoms with van der Waals surface area (Å²) >= 11 is 0. The Hall–Kier alpha value is -4.73. The Bertz CT molecular complexity index is 1550. The maximum Gasteiger partial charge on any atom is 0.298 e. The van der Waals surface area contributed by atoms with Crippen LogP contribution in [0.15, 0.2) is 66.7 Å². The van der Waals surface area contributed by atoms with Gasteiger partial charge >= 0.3 is 0 Å². The molecule has 6 rings (SSSR count). The normalized spacial score (nSPS) is 16.2. The maximum atomic E-state index is 13.3. The molecule has 39 heavy (non-hydrogen) atoms. The van der Waals surface area contributed by atoms with E-state index in [4.69, 9.17) is 4.74 Å². The highest BCUT2D eigenvalue weighted by Crippen LogP contribution is 2.38. The molecule has 1 atom stereocenters. The first-order valence-corrected chi connectivity index (χ1v) is 12.7. The summed E-state index contributed by atoms with van der Waals surface area (Å²) in [5.74, 6) is -0.647. The van der Waals surface area contributed by atoms with E-state index < -0.39 is 17.6 Å². The molecule has 0 saturated carbocycles. The average molecular weight is 527 g/mol. The molecule has 2 aromatic carbocycles. The zero-order valence-electron chi connectivity index (χ0n) is 21.6. The minimum absolute atomic E-state index is 0.0807. The minimum Gasteiger partial charge on any atom is -0.489 e. The average Bonchev–Trinajstić information content (AvgIpc) is 3.26. The van der Waals surface area contributed by atoms with Crippen molar-refractivity contribution in [1.82, 2.24) is 14.8 Å². The second kappa shape index (κ2) is 9.86. The van der Waals surface area contributed by atoms with Crippen LogP contribution < -0.4 is 19.9 Å². The standard InChI is InChI=1S/C29H27FN6O3/c1-18-14-22(19-6-4-3-5-7-19)27(34(18)2)28(37)29(38)31-20-8-9-23-24(15-20)39-17-21-16-35(12-13-36(21)23)26-11-10-25(30)32-33-26/h3-11,14-15,21H,12-13,16-17H2,1-2H3,(H,31,38)/t21-/m1/s1. The van der Waals surface area contributed by atoms with Crippen molar-refractivity contribution in [3.8, 4) is 16.9 Å². The van der Waals surface area contributed by atoms with Gasteiger partial charge < -0.3 is 24.4 Å². The van der Waals surface area contributed by atoms with Crippen molar-refractivity contribution in [1.29, 1.82) is 0 Å². The third-order valence-corrected chi connectivity index (χ3v) is 7.36. The van der Waals surface area contributed by atoms with Crippen LogP contribution >= 0.6 is 0 Å². The van der Waals surface area contributed by atoms with Crippen LogP contribution in [-0.2, 0) is 11.8 Å². The van der Waals surface area contributed by atoms with Gasteiger partial charge in [-0.3, -0.25) is 9.59 Å². The van der Waals surface area contributed by atoms with Crippen LogP contribution in [0.4, 0.5) is 21.6 Å². The van der Waals surface area contributed by atoms with Crippen molar-refractivity contribution in [3.63, 3.8) is 0 Å². The third kappa shape index (κ3) is 4.58. The Morgan fingerprint density at radius 3 is 2.62 bits per heavy atom. The fourth-order valence-electron chi connectivity index (χ4n) is 5.27. The molecule has 2 aromatic heterocycles. The lowest BCUT2D eigenvalue weighted by atomic mass is 10.0. The summed E-state index contributed by atoms with van der Waals surface area (Å²) in [5, 5.41) is 10.2. The number of hydrogen-bond donors (Lipinski definition) is 1. The maximum absolute atomic E-state index is 13.3. The van der Waals surface area contributed by atoms with E-state index in [9.17, 15) is 14.0 Å². The summed E-state index contributed by atoms with van der Waals surface area (Å²) in [7, 11) is 1.79. The van der Waals surface area contributed by atoms with Gasteiger partial charge in [-0.25, -0.2) is 0 Å². The Morgan fingerprint density at radius 2 is 1.85 bits per heavy atom. The number of aryl methyl sites for hydroxylation is 1. The fraction of sp³-hybridized carbons (Fsp3) is 0.241. The van der Waals surface area contributed by atoms with Crippen LogP contribution in [-0.4, -0.2) is 58.7 Å². The predicted octanol–water partition coefficient (Wildman–Crippen LogP) is 3.84. The Morgan fingerprint density at radius 1 is 1.03 bits per heavy atom. The molecule has 1 saturated heterocycles. The first-order valence-electron chi connectivity index (χ1n) is 12.7. The molecule has 1 amide bonds. The number of carbonyl (C=O) groups is 2. The number of Topliss-reactive ketones (excluding diaryl/α,β-unsaturated/α-hetero) is 1. The monoisotopic (exact) mass is 526 g/mol. The molecule has 1 N–H and O–H groups in total. The van der Waals surface area contributed by atoms with Gasteiger partial charge in [-0.15, -0.1) is 10.2 Å². The summed E-state index contributed by atoms with van der Waals surface area (Å²) < 4.78 is 21.0. The lowest BCUT2D eigenvalue weighted by Gasteiger charge is -2.45. The molecule has 2 aliphatic heterocycles. The van der Waals surface area contributed by atoms with Gasteiger partial charge in [0.1, 0.15) is 18.1 Å². The van der Waals surface area contributed by atoms with Crippen molar-refractivity contribution in [3.05, 3.63) is 84.1 Å². The fourth-order valence-corrected chi connectivity index (χ4v) is 5.27. The van der Waals surface area contributed by atoms with Crippen LogP contribution in [0, 0.1) is 12.9 Å². The number of anilines is 3. The van der Waals surface area contributed by atoms with E-state index >= 15 is 0 Å². The summed E-state index contributed by atoms with van der Waals surface area (Å²) in [6.07, 6.45) is 0. The third-order valence-electron chi connectivity index (χ3n) is 7.36. The first-order chi connectivity index (χ1) is 18.9. The Kier molecular flexibility index (Phi) is 6.22. The molecule has 198 valence electrons. The topological polar surface area (TPSA) is 92.6 Å². The molecule has 0 spiro atoms. The van der Waals surface area contributed by atoms with E-state index in [0.717, 1.165) is 29.1 Å². The highest BCUT2D eigenvalue weighted by molar-refractivity contribution is 6.47. The van der Waals surface area contributed by atoms with Crippen molar-refractivity contribution in [2.45, 2.75) is 13.0 Å². The number of piperazine rings is 1. The minimum atomic E-state index is -0.712. The molecule has 0 radical (unpaired) electrons. The van der Waals surface area contributed by atoms with Crippen LogP contribution in [0.2, 0.25) is 0 Å². The largest absolute Gasteiger partial charge is 0.489 e. The van der Waals surface area contributed by atoms with Gasteiger partial charge in [-0.1, -0.05) is 30.3 Å². The molecule has 0 bridgehead atoms. The zero-order chi connectivity index (χ0) is 27.1. The van der Waals surface area contributed by atoms with E-state index in [-0.39, 0.29) is 6.04 Å². The van der Waals surface area contributed by atoms with Crippen molar-refractivity contribution in [2.75, 3.05) is 41.4 Å². The number of halogens is 1. The van der Waals surface area contributed by atoms with Gasteiger partial charge in [0.2, 0.25) is 5.95 Å². The SMILES string of the molecule is Cc1cc(-c2ccccc2)c(C(=O)C(=O)Nc2ccc3c(c2)OC[C@H]2CN(c4ccc(F)nn4)CCN32)n1C. The van der Waals surface area contributed by atoms with Crippen molar-refractivity contribution >= 4 is 28.9 Å². The summed E-state index contributed by atoms with van der Waals surface area (Å²) in [6, 6.07) is 19.9. The molecule has 9 nitrogen and oxygen atoms in total. The second-order valence-electron chi connectivity index (χ2n) is 9.76. The number of ketones is 1. The van der Waals surface area contributed by atoms with Crippen LogP contribution in [0.3, 0.4) is 0 Å². The molecule has 0 aliphatic carbocycles.